The lowest BCUT2D eigenvalue weighted by Gasteiger charge is -2.12. The number of amides is 1. The summed E-state index contributed by atoms with van der Waals surface area (Å²) >= 11 is 12.9. The van der Waals surface area contributed by atoms with Crippen LogP contribution in [-0.4, -0.2) is 26.4 Å². The summed E-state index contributed by atoms with van der Waals surface area (Å²) < 4.78 is 54.1. The summed E-state index contributed by atoms with van der Waals surface area (Å²) in [5, 5.41) is 11.6. The van der Waals surface area contributed by atoms with Crippen LogP contribution in [0.4, 0.5) is 23.2 Å². The van der Waals surface area contributed by atoms with Crippen LogP contribution >= 0.6 is 35.0 Å². The Kier molecular flexibility index (Phi) is 7.34. The zero-order chi connectivity index (χ0) is 25.2. The van der Waals surface area contributed by atoms with Gasteiger partial charge in [-0.15, -0.1) is 10.2 Å². The van der Waals surface area contributed by atoms with Crippen LogP contribution in [0.3, 0.4) is 0 Å². The first-order valence-electron chi connectivity index (χ1n) is 9.88. The van der Waals surface area contributed by atoms with Crippen molar-refractivity contribution >= 4 is 46.6 Å². The molecule has 3 aromatic carbocycles. The van der Waals surface area contributed by atoms with Crippen LogP contribution in [0, 0.1) is 5.82 Å². The molecule has 0 unspecified atom stereocenters. The predicted octanol–water partition coefficient (Wildman–Crippen LogP) is 7.13. The van der Waals surface area contributed by atoms with Crippen LogP contribution in [0.2, 0.25) is 10.0 Å². The normalized spacial score (nSPS) is 11.5. The molecule has 0 saturated carbocycles. The van der Waals surface area contributed by atoms with E-state index in [0.29, 0.717) is 27.3 Å². The third kappa shape index (κ3) is 5.95. The summed E-state index contributed by atoms with van der Waals surface area (Å²) in [7, 11) is 0. The van der Waals surface area contributed by atoms with Gasteiger partial charge in [-0.2, -0.15) is 13.2 Å². The van der Waals surface area contributed by atoms with Crippen molar-refractivity contribution in [2.24, 2.45) is 0 Å². The summed E-state index contributed by atoms with van der Waals surface area (Å²) in [5.74, 6) is -0.802. The van der Waals surface area contributed by atoms with E-state index in [1.807, 2.05) is 0 Å². The number of rotatable bonds is 6. The zero-order valence-corrected chi connectivity index (χ0v) is 19.8. The fourth-order valence-electron chi connectivity index (χ4n) is 3.09. The first kappa shape index (κ1) is 25.0. The van der Waals surface area contributed by atoms with Gasteiger partial charge in [0.05, 0.1) is 22.0 Å². The lowest BCUT2D eigenvalue weighted by atomic mass is 10.2. The number of carbonyl (C=O) groups is 1. The summed E-state index contributed by atoms with van der Waals surface area (Å²) in [6, 6.07) is 15.1. The molecule has 1 heterocycles. The summed E-state index contributed by atoms with van der Waals surface area (Å²) in [6.07, 6.45) is -4.58. The highest BCUT2D eigenvalue weighted by molar-refractivity contribution is 7.99. The molecule has 0 saturated heterocycles. The molecule has 1 N–H and O–H groups in total. The Morgan fingerprint density at radius 2 is 1.66 bits per heavy atom. The Labute approximate surface area is 211 Å². The van der Waals surface area contributed by atoms with Crippen molar-refractivity contribution in [3.05, 3.63) is 88.2 Å². The summed E-state index contributed by atoms with van der Waals surface area (Å²) in [4.78, 5) is 12.5. The van der Waals surface area contributed by atoms with Gasteiger partial charge in [0.15, 0.2) is 11.0 Å². The fraction of sp³-hybridized carbons (Fsp3) is 0.0870. The molecule has 4 aromatic rings. The molecule has 180 valence electrons. The van der Waals surface area contributed by atoms with E-state index in [1.54, 1.807) is 28.8 Å². The maximum absolute atomic E-state index is 13.5. The highest BCUT2D eigenvalue weighted by Gasteiger charge is 2.31. The number of aromatic nitrogens is 3. The molecule has 0 bridgehead atoms. The molecule has 4 rings (SSSR count). The van der Waals surface area contributed by atoms with Crippen molar-refractivity contribution < 1.29 is 22.4 Å². The second-order valence-electron chi connectivity index (χ2n) is 7.15. The van der Waals surface area contributed by atoms with E-state index in [4.69, 9.17) is 23.2 Å². The molecule has 35 heavy (non-hydrogen) atoms. The molecule has 12 heteroatoms. The molecular weight excluding hydrogens is 527 g/mol. The summed E-state index contributed by atoms with van der Waals surface area (Å²) in [5.41, 5.74) is 0.130. The van der Waals surface area contributed by atoms with Crippen molar-refractivity contribution in [1.82, 2.24) is 14.8 Å². The zero-order valence-electron chi connectivity index (χ0n) is 17.5. The third-order valence-electron chi connectivity index (χ3n) is 4.72. The Bertz CT molecular complexity index is 1360. The number of thioether (sulfide) groups is 1. The van der Waals surface area contributed by atoms with Crippen molar-refractivity contribution in [1.29, 1.82) is 0 Å². The van der Waals surface area contributed by atoms with Gasteiger partial charge in [-0.1, -0.05) is 35.0 Å². The standard InChI is InChI=1S/C23H14Cl2F4N4OS/c24-15-4-1-13(2-5-15)21-31-32-22(33(21)17-8-6-16(26)7-9-17)35-12-20(34)30-19-11-14(23(27,28)29)3-10-18(19)25/h1-11H,12H2,(H,30,34). The average Bonchev–Trinajstić information content (AvgIpc) is 3.23. The number of carbonyl (C=O) groups excluding carboxylic acids is 1. The first-order chi connectivity index (χ1) is 16.6. The van der Waals surface area contributed by atoms with Crippen molar-refractivity contribution in [2.45, 2.75) is 11.3 Å². The number of nitrogens with one attached hydrogen (secondary N) is 1. The van der Waals surface area contributed by atoms with Crippen LogP contribution in [0.1, 0.15) is 5.56 Å². The molecule has 0 aliphatic carbocycles. The van der Waals surface area contributed by atoms with E-state index in [-0.39, 0.29) is 16.5 Å². The quantitative estimate of drug-likeness (QED) is 0.209. The van der Waals surface area contributed by atoms with Crippen molar-refractivity contribution in [3.8, 4) is 17.1 Å². The molecule has 0 atom stereocenters. The first-order valence-corrected chi connectivity index (χ1v) is 11.6. The SMILES string of the molecule is O=C(CSc1nnc(-c2ccc(Cl)cc2)n1-c1ccc(F)cc1)Nc1cc(C(F)(F)F)ccc1Cl. The molecule has 0 spiro atoms. The van der Waals surface area contributed by atoms with E-state index >= 15 is 0 Å². The number of hydrogen-bond acceptors (Lipinski definition) is 4. The third-order valence-corrected chi connectivity index (χ3v) is 6.23. The average molecular weight is 541 g/mol. The lowest BCUT2D eigenvalue weighted by molar-refractivity contribution is -0.137. The summed E-state index contributed by atoms with van der Waals surface area (Å²) in [6.45, 7) is 0. The minimum Gasteiger partial charge on any atom is -0.324 e. The Hall–Kier alpha value is -3.08. The molecule has 1 aromatic heterocycles. The van der Waals surface area contributed by atoms with Gasteiger partial charge in [0.1, 0.15) is 5.82 Å². The molecule has 5 nitrogen and oxygen atoms in total. The minimum absolute atomic E-state index is 0.0316. The highest BCUT2D eigenvalue weighted by Crippen LogP contribution is 2.34. The monoisotopic (exact) mass is 540 g/mol. The number of benzene rings is 3. The van der Waals surface area contributed by atoms with Gasteiger partial charge in [-0.3, -0.25) is 9.36 Å². The fourth-order valence-corrected chi connectivity index (χ4v) is 4.13. The largest absolute Gasteiger partial charge is 0.416 e. The molecule has 0 aliphatic heterocycles. The highest BCUT2D eigenvalue weighted by atomic mass is 35.5. The van der Waals surface area contributed by atoms with Crippen LogP contribution in [-0.2, 0) is 11.0 Å². The molecule has 1 amide bonds. The van der Waals surface area contributed by atoms with Crippen LogP contribution in [0.5, 0.6) is 0 Å². The van der Waals surface area contributed by atoms with Crippen molar-refractivity contribution in [2.75, 3.05) is 11.1 Å². The van der Waals surface area contributed by atoms with Gasteiger partial charge < -0.3 is 5.32 Å². The van der Waals surface area contributed by atoms with E-state index in [1.165, 1.54) is 24.3 Å². The van der Waals surface area contributed by atoms with Gasteiger partial charge in [0.2, 0.25) is 5.91 Å². The molecule has 0 aliphatic rings. The van der Waals surface area contributed by atoms with E-state index in [9.17, 15) is 22.4 Å². The predicted molar refractivity (Wildman–Crippen MR) is 128 cm³/mol. The van der Waals surface area contributed by atoms with Crippen LogP contribution in [0.15, 0.2) is 71.9 Å². The van der Waals surface area contributed by atoms with Crippen LogP contribution < -0.4 is 5.32 Å². The number of halogens is 6. The molecular formula is C23H14Cl2F4N4OS. The maximum Gasteiger partial charge on any atom is 0.416 e. The Morgan fingerprint density at radius 1 is 0.971 bits per heavy atom. The Morgan fingerprint density at radius 3 is 2.31 bits per heavy atom. The topological polar surface area (TPSA) is 59.8 Å². The van der Waals surface area contributed by atoms with Gasteiger partial charge in [0, 0.05) is 16.3 Å². The van der Waals surface area contributed by atoms with E-state index in [0.717, 1.165) is 30.0 Å². The molecule has 0 radical (unpaired) electrons. The number of anilines is 1. The van der Waals surface area contributed by atoms with Gasteiger partial charge in [-0.25, -0.2) is 4.39 Å². The van der Waals surface area contributed by atoms with Gasteiger partial charge in [0.25, 0.3) is 0 Å². The van der Waals surface area contributed by atoms with Crippen molar-refractivity contribution in [3.63, 3.8) is 0 Å². The second kappa shape index (κ2) is 10.3. The van der Waals surface area contributed by atoms with E-state index < -0.39 is 23.5 Å². The number of alkyl halides is 3. The van der Waals surface area contributed by atoms with Gasteiger partial charge >= 0.3 is 6.18 Å². The van der Waals surface area contributed by atoms with Crippen LogP contribution in [0.25, 0.3) is 17.1 Å². The Balaban J connectivity index is 1.58. The number of nitrogens with zero attached hydrogens (tertiary/aromatic N) is 3. The lowest BCUT2D eigenvalue weighted by Crippen LogP contribution is -2.16. The maximum atomic E-state index is 13.5. The minimum atomic E-state index is -4.58. The van der Waals surface area contributed by atoms with Gasteiger partial charge in [-0.05, 0) is 66.7 Å². The smallest absolute Gasteiger partial charge is 0.324 e. The molecule has 0 fully saturated rings. The number of hydrogen-bond donors (Lipinski definition) is 1. The second-order valence-corrected chi connectivity index (χ2v) is 8.94. The van der Waals surface area contributed by atoms with E-state index in [2.05, 4.69) is 15.5 Å².